The molecule has 1 unspecified atom stereocenters. The zero-order valence-electron chi connectivity index (χ0n) is 11.8. The lowest BCUT2D eigenvalue weighted by molar-refractivity contribution is 0.0527. The highest BCUT2D eigenvalue weighted by Gasteiger charge is 2.24. The summed E-state index contributed by atoms with van der Waals surface area (Å²) in [4.78, 5) is 23.3. The van der Waals surface area contributed by atoms with E-state index in [4.69, 9.17) is 5.73 Å². The second-order valence-electron chi connectivity index (χ2n) is 5.03. The highest BCUT2D eigenvalue weighted by atomic mass is 32.1. The first-order valence-corrected chi connectivity index (χ1v) is 7.32. The maximum atomic E-state index is 12.9. The van der Waals surface area contributed by atoms with Gasteiger partial charge in [-0.3, -0.25) is 9.59 Å². The van der Waals surface area contributed by atoms with Crippen LogP contribution < -0.4 is 11.1 Å². The number of carbonyl (C=O) groups is 2. The molecule has 0 saturated carbocycles. The number of aliphatic hydroxyl groups is 1. The van der Waals surface area contributed by atoms with Gasteiger partial charge in [-0.05, 0) is 30.7 Å². The van der Waals surface area contributed by atoms with Crippen LogP contribution in [0.4, 0.5) is 4.39 Å². The Balaban J connectivity index is 2.02. The standard InChI is InChI=1S/C15H15FN2O3S/c1-15(21,10-2-4-11(16)5-3-10)8-18-14(20)12-6-9(7-22-12)13(17)19/h2-7,21H,8H2,1H3,(H2,17,19)(H,18,20). The van der Waals surface area contributed by atoms with E-state index >= 15 is 0 Å². The minimum absolute atomic E-state index is 0.0543. The third-order valence-corrected chi connectivity index (χ3v) is 4.10. The largest absolute Gasteiger partial charge is 0.384 e. The average Bonchev–Trinajstić information content (AvgIpc) is 2.95. The molecule has 116 valence electrons. The number of amides is 2. The molecule has 4 N–H and O–H groups in total. The van der Waals surface area contributed by atoms with E-state index in [2.05, 4.69) is 5.32 Å². The van der Waals surface area contributed by atoms with Gasteiger partial charge in [-0.1, -0.05) is 12.1 Å². The second-order valence-corrected chi connectivity index (χ2v) is 5.94. The van der Waals surface area contributed by atoms with Crippen LogP contribution in [0, 0.1) is 5.82 Å². The molecule has 1 heterocycles. The van der Waals surface area contributed by atoms with E-state index in [1.807, 2.05) is 0 Å². The van der Waals surface area contributed by atoms with E-state index in [9.17, 15) is 19.1 Å². The molecular formula is C15H15FN2O3S. The summed E-state index contributed by atoms with van der Waals surface area (Å²) >= 11 is 1.09. The smallest absolute Gasteiger partial charge is 0.261 e. The summed E-state index contributed by atoms with van der Waals surface area (Å²) in [5, 5.41) is 14.4. The van der Waals surface area contributed by atoms with Crippen LogP contribution in [-0.4, -0.2) is 23.5 Å². The number of halogens is 1. The number of carbonyl (C=O) groups excluding carboxylic acids is 2. The Morgan fingerprint density at radius 2 is 2.00 bits per heavy atom. The first kappa shape index (κ1) is 16.1. The number of benzene rings is 1. The fourth-order valence-electron chi connectivity index (χ4n) is 1.84. The molecule has 0 saturated heterocycles. The first-order chi connectivity index (χ1) is 10.3. The van der Waals surface area contributed by atoms with E-state index in [0.29, 0.717) is 10.4 Å². The number of hydrogen-bond donors (Lipinski definition) is 3. The molecule has 0 aliphatic rings. The van der Waals surface area contributed by atoms with Crippen molar-refractivity contribution >= 4 is 23.2 Å². The Hall–Kier alpha value is -2.25. The first-order valence-electron chi connectivity index (χ1n) is 6.44. The zero-order valence-corrected chi connectivity index (χ0v) is 12.6. The molecular weight excluding hydrogens is 307 g/mol. The van der Waals surface area contributed by atoms with Gasteiger partial charge in [0.05, 0.1) is 17.0 Å². The quantitative estimate of drug-likeness (QED) is 0.781. The van der Waals surface area contributed by atoms with Gasteiger partial charge in [0.25, 0.3) is 5.91 Å². The molecule has 2 aromatic rings. The van der Waals surface area contributed by atoms with Crippen LogP contribution in [0.1, 0.15) is 32.5 Å². The highest BCUT2D eigenvalue weighted by Crippen LogP contribution is 2.20. The molecule has 0 radical (unpaired) electrons. The molecule has 5 nitrogen and oxygen atoms in total. The van der Waals surface area contributed by atoms with E-state index in [0.717, 1.165) is 11.3 Å². The molecule has 1 atom stereocenters. The third kappa shape index (κ3) is 3.69. The molecule has 1 aromatic carbocycles. The lowest BCUT2D eigenvalue weighted by Crippen LogP contribution is -2.38. The Kier molecular flexibility index (Phi) is 4.58. The molecule has 1 aromatic heterocycles. The van der Waals surface area contributed by atoms with Gasteiger partial charge < -0.3 is 16.2 Å². The molecule has 2 rings (SSSR count). The lowest BCUT2D eigenvalue weighted by atomic mass is 9.96. The van der Waals surface area contributed by atoms with Crippen LogP contribution in [0.3, 0.4) is 0 Å². The summed E-state index contributed by atoms with van der Waals surface area (Å²) in [6.45, 7) is 1.46. The average molecular weight is 322 g/mol. The number of thiophene rings is 1. The van der Waals surface area contributed by atoms with Gasteiger partial charge >= 0.3 is 0 Å². The van der Waals surface area contributed by atoms with Crippen molar-refractivity contribution in [3.8, 4) is 0 Å². The topological polar surface area (TPSA) is 92.4 Å². The fraction of sp³-hybridized carbons (Fsp3) is 0.200. The van der Waals surface area contributed by atoms with Crippen LogP contribution in [-0.2, 0) is 5.60 Å². The van der Waals surface area contributed by atoms with Crippen LogP contribution in [0.15, 0.2) is 35.7 Å². The predicted octanol–water partition coefficient (Wildman–Crippen LogP) is 1.62. The molecule has 0 spiro atoms. The van der Waals surface area contributed by atoms with Crippen molar-refractivity contribution in [1.82, 2.24) is 5.32 Å². The third-order valence-electron chi connectivity index (χ3n) is 3.17. The van der Waals surface area contributed by atoms with Crippen molar-refractivity contribution in [2.45, 2.75) is 12.5 Å². The van der Waals surface area contributed by atoms with E-state index in [1.165, 1.54) is 42.6 Å². The summed E-state index contributed by atoms with van der Waals surface area (Å²) in [7, 11) is 0. The Bertz CT molecular complexity index is 695. The maximum absolute atomic E-state index is 12.9. The van der Waals surface area contributed by atoms with E-state index in [-0.39, 0.29) is 12.1 Å². The van der Waals surface area contributed by atoms with Gasteiger partial charge in [0.1, 0.15) is 11.4 Å². The number of rotatable bonds is 5. The molecule has 2 amide bonds. The van der Waals surface area contributed by atoms with Crippen LogP contribution >= 0.6 is 11.3 Å². The van der Waals surface area contributed by atoms with Gasteiger partial charge in [-0.25, -0.2) is 4.39 Å². The van der Waals surface area contributed by atoms with Crippen molar-refractivity contribution in [3.63, 3.8) is 0 Å². The normalized spacial score (nSPS) is 13.4. The minimum atomic E-state index is -1.34. The van der Waals surface area contributed by atoms with Crippen molar-refractivity contribution in [2.75, 3.05) is 6.54 Å². The maximum Gasteiger partial charge on any atom is 0.261 e. The summed E-state index contributed by atoms with van der Waals surface area (Å²) in [5.74, 6) is -1.42. The van der Waals surface area contributed by atoms with Gasteiger partial charge in [0.2, 0.25) is 5.91 Å². The molecule has 0 bridgehead atoms. The van der Waals surface area contributed by atoms with Gasteiger partial charge in [0, 0.05) is 5.38 Å². The predicted molar refractivity (Wildman–Crippen MR) is 81.1 cm³/mol. The van der Waals surface area contributed by atoms with Crippen molar-refractivity contribution < 1.29 is 19.1 Å². The number of primary amides is 1. The van der Waals surface area contributed by atoms with Gasteiger partial charge in [0.15, 0.2) is 0 Å². The summed E-state index contributed by atoms with van der Waals surface area (Å²) < 4.78 is 12.9. The summed E-state index contributed by atoms with van der Waals surface area (Å²) in [5.41, 5.74) is 4.53. The SMILES string of the molecule is CC(O)(CNC(=O)c1cc(C(N)=O)cs1)c1ccc(F)cc1. The molecule has 0 aliphatic carbocycles. The molecule has 0 fully saturated rings. The number of nitrogens with one attached hydrogen (secondary N) is 1. The second kappa shape index (κ2) is 6.25. The molecule has 22 heavy (non-hydrogen) atoms. The summed E-state index contributed by atoms with van der Waals surface area (Å²) in [6, 6.07) is 6.79. The van der Waals surface area contributed by atoms with Crippen LogP contribution in [0.5, 0.6) is 0 Å². The Labute approximate surface area is 130 Å². The number of nitrogens with two attached hydrogens (primary N) is 1. The van der Waals surface area contributed by atoms with Gasteiger partial charge in [-0.15, -0.1) is 11.3 Å². The van der Waals surface area contributed by atoms with E-state index < -0.39 is 23.2 Å². The Morgan fingerprint density at radius 1 is 1.36 bits per heavy atom. The fourth-order valence-corrected chi connectivity index (χ4v) is 2.65. The highest BCUT2D eigenvalue weighted by molar-refractivity contribution is 7.12. The minimum Gasteiger partial charge on any atom is -0.384 e. The zero-order chi connectivity index (χ0) is 16.3. The van der Waals surface area contributed by atoms with Crippen LogP contribution in [0.25, 0.3) is 0 Å². The monoisotopic (exact) mass is 322 g/mol. The van der Waals surface area contributed by atoms with Gasteiger partial charge in [-0.2, -0.15) is 0 Å². The summed E-state index contributed by atoms with van der Waals surface area (Å²) in [6.07, 6.45) is 0. The molecule has 7 heteroatoms. The van der Waals surface area contributed by atoms with E-state index in [1.54, 1.807) is 0 Å². The van der Waals surface area contributed by atoms with Crippen molar-refractivity contribution in [3.05, 3.63) is 57.5 Å². The van der Waals surface area contributed by atoms with Crippen molar-refractivity contribution in [1.29, 1.82) is 0 Å². The Morgan fingerprint density at radius 3 is 2.55 bits per heavy atom. The van der Waals surface area contributed by atoms with Crippen LogP contribution in [0.2, 0.25) is 0 Å². The van der Waals surface area contributed by atoms with Crippen molar-refractivity contribution in [2.24, 2.45) is 5.73 Å². The number of hydrogen-bond acceptors (Lipinski definition) is 4. The molecule has 0 aliphatic heterocycles. The lowest BCUT2D eigenvalue weighted by Gasteiger charge is -2.24.